The molecule has 0 aliphatic heterocycles. The number of carbonyl (C=O) groups is 2. The van der Waals surface area contributed by atoms with Gasteiger partial charge in [0.1, 0.15) is 16.4 Å². The van der Waals surface area contributed by atoms with Crippen LogP contribution in [-0.4, -0.2) is 23.1 Å². The van der Waals surface area contributed by atoms with Crippen molar-refractivity contribution < 1.29 is 18.4 Å². The molecule has 3 aromatic carbocycles. The Kier molecular flexibility index (Phi) is 7.48. The molecule has 1 aliphatic carbocycles. The number of anilines is 2. The number of aldehydes is 1. The molecular weight excluding hydrogens is 576 g/mol. The van der Waals surface area contributed by atoms with E-state index in [4.69, 9.17) is 58.0 Å². The zero-order valence-corrected chi connectivity index (χ0v) is 22.2. The number of amides is 1. The van der Waals surface area contributed by atoms with Crippen LogP contribution in [-0.2, 0) is 4.79 Å². The highest BCUT2D eigenvalue weighted by Crippen LogP contribution is 2.73. The van der Waals surface area contributed by atoms with E-state index in [-0.39, 0.29) is 28.4 Å². The summed E-state index contributed by atoms with van der Waals surface area (Å²) in [5.74, 6) is -2.91. The number of hydrogen-bond donors (Lipinski definition) is 2. The van der Waals surface area contributed by atoms with Gasteiger partial charge in [-0.05, 0) is 61.0 Å². The fraction of sp³-hybridized carbons (Fsp3) is 0.200. The van der Waals surface area contributed by atoms with Crippen molar-refractivity contribution in [3.63, 3.8) is 0 Å². The normalized spacial score (nSPS) is 20.1. The molecule has 1 aliphatic rings. The lowest BCUT2D eigenvalue weighted by molar-refractivity contribution is -0.112. The third-order valence-corrected chi connectivity index (χ3v) is 8.11. The molecule has 1 fully saturated rings. The third kappa shape index (κ3) is 4.77. The number of hydrogen-bond acceptors (Lipinski definition) is 3. The minimum absolute atomic E-state index is 0.0206. The number of carbonyl (C=O) groups excluding carboxylic acids is 2. The Bertz CT molecular complexity index is 1360. The van der Waals surface area contributed by atoms with Gasteiger partial charge in [-0.15, -0.1) is 0 Å². The van der Waals surface area contributed by atoms with Crippen LogP contribution in [0.3, 0.4) is 0 Å². The second-order valence-corrected chi connectivity index (χ2v) is 11.1. The van der Waals surface area contributed by atoms with Crippen molar-refractivity contribution in [2.75, 3.05) is 17.2 Å². The van der Waals surface area contributed by atoms with Gasteiger partial charge in [0.15, 0.2) is 5.82 Å². The molecule has 1 amide bonds. The Labute approximate surface area is 230 Å². The molecule has 188 valence electrons. The van der Waals surface area contributed by atoms with Gasteiger partial charge < -0.3 is 15.4 Å². The van der Waals surface area contributed by atoms with Gasteiger partial charge in [0.25, 0.3) is 5.91 Å². The topological polar surface area (TPSA) is 58.2 Å². The maximum Gasteiger partial charge on any atom is 0.257 e. The van der Waals surface area contributed by atoms with Crippen LogP contribution in [0.2, 0.25) is 15.1 Å². The molecule has 3 aromatic rings. The number of alkyl halides is 2. The Hall–Kier alpha value is -2.09. The van der Waals surface area contributed by atoms with Gasteiger partial charge in [-0.25, -0.2) is 8.78 Å². The van der Waals surface area contributed by atoms with Crippen LogP contribution in [0.25, 0.3) is 0 Å². The number of nitrogens with one attached hydrogen (secondary N) is 2. The number of benzene rings is 3. The highest BCUT2D eigenvalue weighted by molar-refractivity contribution is 6.54. The Morgan fingerprint density at radius 1 is 1.03 bits per heavy atom. The van der Waals surface area contributed by atoms with E-state index in [0.29, 0.717) is 27.6 Å². The van der Waals surface area contributed by atoms with E-state index in [0.717, 1.165) is 12.1 Å². The molecule has 0 radical (unpaired) electrons. The first-order valence-electron chi connectivity index (χ1n) is 10.5. The maximum atomic E-state index is 14.3. The molecule has 4 nitrogen and oxygen atoms in total. The lowest BCUT2D eigenvalue weighted by atomic mass is 10.00. The smallest absolute Gasteiger partial charge is 0.257 e. The van der Waals surface area contributed by atoms with E-state index in [1.807, 2.05) is 0 Å². The van der Waals surface area contributed by atoms with Gasteiger partial charge in [-0.2, -0.15) is 0 Å². The zero-order valence-electron chi connectivity index (χ0n) is 18.4. The average molecular weight is 593 g/mol. The second-order valence-electron chi connectivity index (χ2n) is 8.45. The van der Waals surface area contributed by atoms with E-state index in [9.17, 15) is 18.4 Å². The van der Waals surface area contributed by atoms with Crippen LogP contribution in [0, 0.1) is 24.0 Å². The average Bonchev–Trinajstić information content (AvgIpc) is 3.32. The Morgan fingerprint density at radius 2 is 1.69 bits per heavy atom. The first-order chi connectivity index (χ1) is 16.9. The standard InChI is InChI=1S/C25H17Cl5F2N2O2/c1-12-19(31)4-5-20(21(12)32)34-23(36)17-9-16(2-3-18(17)28)33-10-24(11-35)22(25(24,29)30)13-6-14(26)8-15(27)7-13/h2-9,11,22,33H,10H2,1H3,(H,34,36). The van der Waals surface area contributed by atoms with Crippen LogP contribution < -0.4 is 10.6 Å². The molecule has 0 saturated heterocycles. The summed E-state index contributed by atoms with van der Waals surface area (Å²) in [6, 6.07) is 11.5. The summed E-state index contributed by atoms with van der Waals surface area (Å²) in [5, 5.41) is 6.32. The lowest BCUT2D eigenvalue weighted by Crippen LogP contribution is -2.23. The summed E-state index contributed by atoms with van der Waals surface area (Å²) in [5.41, 5.74) is -0.553. The summed E-state index contributed by atoms with van der Waals surface area (Å²) in [6.07, 6.45) is 0.683. The highest BCUT2D eigenvalue weighted by Gasteiger charge is 2.76. The van der Waals surface area contributed by atoms with E-state index in [1.165, 1.54) is 19.1 Å². The summed E-state index contributed by atoms with van der Waals surface area (Å²) < 4.78 is 26.5. The van der Waals surface area contributed by atoms with Gasteiger partial charge in [0.2, 0.25) is 0 Å². The minimum Gasteiger partial charge on any atom is -0.384 e. The third-order valence-electron chi connectivity index (χ3n) is 6.21. The quantitative estimate of drug-likeness (QED) is 0.216. The lowest BCUT2D eigenvalue weighted by Gasteiger charge is -2.15. The van der Waals surface area contributed by atoms with E-state index in [1.54, 1.807) is 24.3 Å². The van der Waals surface area contributed by atoms with Crippen LogP contribution in [0.1, 0.15) is 27.4 Å². The monoisotopic (exact) mass is 590 g/mol. The van der Waals surface area contributed by atoms with Crippen LogP contribution in [0.4, 0.5) is 20.2 Å². The molecule has 2 unspecified atom stereocenters. The van der Waals surface area contributed by atoms with Crippen molar-refractivity contribution in [1.29, 1.82) is 0 Å². The van der Waals surface area contributed by atoms with Crippen molar-refractivity contribution >= 4 is 81.6 Å². The van der Waals surface area contributed by atoms with Crippen molar-refractivity contribution in [2.24, 2.45) is 5.41 Å². The van der Waals surface area contributed by atoms with E-state index < -0.39 is 33.2 Å². The first-order valence-corrected chi connectivity index (χ1v) is 12.4. The fourth-order valence-electron chi connectivity index (χ4n) is 4.14. The molecule has 11 heteroatoms. The molecule has 2 N–H and O–H groups in total. The maximum absolute atomic E-state index is 14.3. The molecule has 1 saturated carbocycles. The van der Waals surface area contributed by atoms with Gasteiger partial charge in [0, 0.05) is 33.8 Å². The summed E-state index contributed by atoms with van der Waals surface area (Å²) in [4.78, 5) is 25.0. The van der Waals surface area contributed by atoms with Crippen molar-refractivity contribution in [1.82, 2.24) is 0 Å². The highest BCUT2D eigenvalue weighted by atomic mass is 35.5. The molecule has 0 bridgehead atoms. The minimum atomic E-state index is -1.43. The summed E-state index contributed by atoms with van der Waals surface area (Å²) >= 11 is 31.5. The van der Waals surface area contributed by atoms with Gasteiger partial charge in [-0.3, -0.25) is 4.79 Å². The van der Waals surface area contributed by atoms with Crippen molar-refractivity contribution in [3.8, 4) is 0 Å². The molecular formula is C25H17Cl5F2N2O2. The molecule has 0 spiro atoms. The fourth-order valence-corrected chi connectivity index (χ4v) is 5.86. The molecule has 2 atom stereocenters. The predicted molar refractivity (Wildman–Crippen MR) is 141 cm³/mol. The summed E-state index contributed by atoms with van der Waals surface area (Å²) in [7, 11) is 0. The van der Waals surface area contributed by atoms with E-state index >= 15 is 0 Å². The summed E-state index contributed by atoms with van der Waals surface area (Å²) in [6.45, 7) is 1.28. The van der Waals surface area contributed by atoms with Gasteiger partial charge in [-0.1, -0.05) is 58.0 Å². The molecule has 36 heavy (non-hydrogen) atoms. The van der Waals surface area contributed by atoms with Crippen molar-refractivity contribution in [2.45, 2.75) is 17.2 Å². The van der Waals surface area contributed by atoms with Gasteiger partial charge in [0.05, 0.1) is 21.7 Å². The largest absolute Gasteiger partial charge is 0.384 e. The van der Waals surface area contributed by atoms with Crippen LogP contribution in [0.5, 0.6) is 0 Å². The van der Waals surface area contributed by atoms with Crippen LogP contribution >= 0.6 is 58.0 Å². The van der Waals surface area contributed by atoms with Gasteiger partial charge >= 0.3 is 0 Å². The number of rotatable bonds is 7. The van der Waals surface area contributed by atoms with E-state index in [2.05, 4.69) is 10.6 Å². The Balaban J connectivity index is 1.55. The first kappa shape index (κ1) is 27.0. The molecule has 0 aromatic heterocycles. The number of halogens is 7. The van der Waals surface area contributed by atoms with Crippen molar-refractivity contribution in [3.05, 3.63) is 91.9 Å². The Morgan fingerprint density at radius 3 is 2.33 bits per heavy atom. The predicted octanol–water partition coefficient (Wildman–Crippen LogP) is 8.05. The molecule has 4 rings (SSSR count). The SMILES string of the molecule is Cc1c(F)ccc(NC(=O)c2cc(NCC3(C=O)C(c4cc(Cl)cc(Cl)c4)C3(Cl)Cl)ccc2Cl)c1F. The second kappa shape index (κ2) is 9.99. The van der Waals surface area contributed by atoms with Crippen LogP contribution in [0.15, 0.2) is 48.5 Å². The zero-order chi connectivity index (χ0) is 26.4. The molecule has 0 heterocycles.